The molecule has 0 saturated heterocycles. The van der Waals surface area contributed by atoms with Gasteiger partial charge in [-0.2, -0.15) is 0 Å². The molecule has 0 bridgehead atoms. The summed E-state index contributed by atoms with van der Waals surface area (Å²) in [5.41, 5.74) is 0.954. The number of carboxylic acid groups (broad SMARTS) is 2. The first-order valence-electron chi connectivity index (χ1n) is 4.79. The van der Waals surface area contributed by atoms with E-state index in [1.165, 1.54) is 0 Å². The van der Waals surface area contributed by atoms with Crippen molar-refractivity contribution in [3.63, 3.8) is 0 Å². The van der Waals surface area contributed by atoms with Gasteiger partial charge in [0.2, 0.25) is 0 Å². The first-order chi connectivity index (χ1) is 7.61. The molecule has 0 unspecified atom stereocenters. The van der Waals surface area contributed by atoms with Gasteiger partial charge < -0.3 is 10.2 Å². The molecule has 0 fully saturated rings. The Kier molecular flexibility index (Phi) is 6.94. The maximum atomic E-state index is 10.1. The Morgan fingerprint density at radius 1 is 0.882 bits per heavy atom. The van der Waals surface area contributed by atoms with E-state index in [4.69, 9.17) is 10.2 Å². The molecule has 92 valence electrons. The summed E-state index contributed by atoms with van der Waals surface area (Å²) in [4.78, 5) is 20.2. The summed E-state index contributed by atoms with van der Waals surface area (Å²) in [6.07, 6.45) is 11.5. The van der Waals surface area contributed by atoms with Gasteiger partial charge >= 0.3 is 11.9 Å². The second-order valence-electron chi connectivity index (χ2n) is 3.26. The van der Waals surface area contributed by atoms with Crippen LogP contribution in [-0.2, 0) is 26.7 Å². The van der Waals surface area contributed by atoms with Crippen molar-refractivity contribution >= 4 is 11.9 Å². The number of carboxylic acids is 2. The van der Waals surface area contributed by atoms with Crippen molar-refractivity contribution in [2.75, 3.05) is 0 Å². The molecule has 2 aliphatic carbocycles. The molecule has 2 aliphatic rings. The maximum absolute atomic E-state index is 10.1. The second-order valence-corrected chi connectivity index (χ2v) is 3.26. The van der Waals surface area contributed by atoms with Crippen LogP contribution in [0.3, 0.4) is 0 Å². The maximum Gasteiger partial charge on any atom is 0.331 e. The van der Waals surface area contributed by atoms with Crippen LogP contribution < -0.4 is 0 Å². The van der Waals surface area contributed by atoms with Crippen LogP contribution >= 0.6 is 0 Å². The van der Waals surface area contributed by atoms with E-state index < -0.39 is 11.9 Å². The van der Waals surface area contributed by atoms with Crippen LogP contribution in [0.25, 0.3) is 0 Å². The van der Waals surface area contributed by atoms with Gasteiger partial charge in [0.05, 0.1) is 0 Å². The topological polar surface area (TPSA) is 74.6 Å². The third-order valence-electron chi connectivity index (χ3n) is 2.09. The molecule has 2 N–H and O–H groups in total. The Morgan fingerprint density at radius 2 is 1.24 bits per heavy atom. The van der Waals surface area contributed by atoms with Crippen LogP contribution in [0.1, 0.15) is 12.8 Å². The molecule has 0 saturated carbocycles. The van der Waals surface area contributed by atoms with Crippen LogP contribution in [0.4, 0.5) is 0 Å². The summed E-state index contributed by atoms with van der Waals surface area (Å²) >= 11 is 0. The van der Waals surface area contributed by atoms with Gasteiger partial charge in [0, 0.05) is 28.2 Å². The van der Waals surface area contributed by atoms with Gasteiger partial charge in [-0.15, -0.1) is 0 Å². The monoisotopic (exact) mass is 276 g/mol. The minimum Gasteiger partial charge on any atom is -0.478 e. The molecule has 0 aromatic heterocycles. The molecule has 4 nitrogen and oxygen atoms in total. The van der Waals surface area contributed by atoms with E-state index in [2.05, 4.69) is 0 Å². The van der Waals surface area contributed by atoms with Crippen molar-refractivity contribution in [2.24, 2.45) is 0 Å². The van der Waals surface area contributed by atoms with Crippen LogP contribution in [0, 0.1) is 0 Å². The van der Waals surface area contributed by atoms with Crippen molar-refractivity contribution in [3.8, 4) is 0 Å². The Hall–Kier alpha value is -1.58. The van der Waals surface area contributed by atoms with Crippen LogP contribution in [-0.4, -0.2) is 22.2 Å². The molecule has 2 rings (SSSR count). The first-order valence-corrected chi connectivity index (χ1v) is 4.79. The number of carbonyl (C=O) groups is 2. The predicted octanol–water partition coefficient (Wildman–Crippen LogP) is 1.91. The van der Waals surface area contributed by atoms with E-state index in [1.807, 2.05) is 12.2 Å². The molecule has 0 aliphatic heterocycles. The van der Waals surface area contributed by atoms with E-state index in [1.54, 1.807) is 24.3 Å². The van der Waals surface area contributed by atoms with E-state index in [0.717, 1.165) is 0 Å². The summed E-state index contributed by atoms with van der Waals surface area (Å²) in [5.74, 6) is -1.62. The number of allylic oxidation sites excluding steroid dienone is 6. The van der Waals surface area contributed by atoms with E-state index >= 15 is 0 Å². The zero-order valence-corrected chi connectivity index (χ0v) is 10.0. The smallest absolute Gasteiger partial charge is 0.331 e. The van der Waals surface area contributed by atoms with Gasteiger partial charge in [0.25, 0.3) is 0 Å². The minimum absolute atomic E-state index is 0. The molecule has 0 heterocycles. The second kappa shape index (κ2) is 7.65. The molecule has 0 spiro atoms. The number of hydrogen-bond acceptors (Lipinski definition) is 2. The van der Waals surface area contributed by atoms with Crippen molar-refractivity contribution in [1.82, 2.24) is 0 Å². The van der Waals surface area contributed by atoms with Crippen molar-refractivity contribution in [2.45, 2.75) is 12.8 Å². The van der Waals surface area contributed by atoms with E-state index in [-0.39, 0.29) is 17.1 Å². The third kappa shape index (κ3) is 5.33. The normalized spacial score (nSPS) is 15.3. The molecule has 0 aromatic carbocycles. The zero-order chi connectivity index (χ0) is 12.0. The van der Waals surface area contributed by atoms with Gasteiger partial charge in [-0.1, -0.05) is 36.5 Å². The molecule has 17 heavy (non-hydrogen) atoms. The van der Waals surface area contributed by atoms with Crippen molar-refractivity contribution in [3.05, 3.63) is 47.6 Å². The minimum atomic E-state index is -0.810. The predicted molar refractivity (Wildman–Crippen MR) is 59.0 cm³/mol. The Morgan fingerprint density at radius 3 is 1.35 bits per heavy atom. The summed E-state index contributed by atoms with van der Waals surface area (Å²) < 4.78 is 0. The summed E-state index contributed by atoms with van der Waals surface area (Å²) in [7, 11) is 0. The van der Waals surface area contributed by atoms with Gasteiger partial charge in [-0.3, -0.25) is 0 Å². The fourth-order valence-electron chi connectivity index (χ4n) is 1.21. The van der Waals surface area contributed by atoms with Crippen molar-refractivity contribution < 1.29 is 36.9 Å². The molecule has 0 radical (unpaired) electrons. The average molecular weight is 276 g/mol. The standard InChI is InChI=1S/2C6H6O2.Fe/c2*7-6(8)5-3-1-2-4-5;/h2*1-3H,4H2,(H,7,8);. The quantitative estimate of drug-likeness (QED) is 0.755. The van der Waals surface area contributed by atoms with E-state index in [9.17, 15) is 9.59 Å². The molecule has 0 aromatic rings. The molecule has 0 amide bonds. The van der Waals surface area contributed by atoms with Gasteiger partial charge in [-0.25, -0.2) is 9.59 Å². The van der Waals surface area contributed by atoms with Gasteiger partial charge in [0.1, 0.15) is 0 Å². The van der Waals surface area contributed by atoms with Gasteiger partial charge in [0.15, 0.2) is 0 Å². The number of hydrogen-bond donors (Lipinski definition) is 2. The third-order valence-corrected chi connectivity index (χ3v) is 2.09. The Balaban J connectivity index is 0.000000284. The fraction of sp³-hybridized carbons (Fsp3) is 0.167. The fourth-order valence-corrected chi connectivity index (χ4v) is 1.21. The Bertz CT molecular complexity index is 376. The number of aliphatic carboxylic acids is 2. The summed E-state index contributed by atoms with van der Waals surface area (Å²) in [6.45, 7) is 0. The van der Waals surface area contributed by atoms with Crippen LogP contribution in [0.2, 0.25) is 0 Å². The molecular formula is C12H12FeO4. The largest absolute Gasteiger partial charge is 0.478 e. The average Bonchev–Trinajstić information content (AvgIpc) is 2.93. The Labute approximate surface area is 109 Å². The van der Waals surface area contributed by atoms with Crippen LogP contribution in [0.15, 0.2) is 47.6 Å². The zero-order valence-electron chi connectivity index (χ0n) is 8.94. The van der Waals surface area contributed by atoms with Crippen molar-refractivity contribution in [1.29, 1.82) is 0 Å². The molecule has 0 atom stereocenters. The molecular weight excluding hydrogens is 264 g/mol. The number of rotatable bonds is 2. The van der Waals surface area contributed by atoms with E-state index in [0.29, 0.717) is 24.0 Å². The first kappa shape index (κ1) is 15.4. The summed E-state index contributed by atoms with van der Waals surface area (Å²) in [5, 5.41) is 16.6. The molecule has 5 heteroatoms. The van der Waals surface area contributed by atoms with Crippen LogP contribution in [0.5, 0.6) is 0 Å². The van der Waals surface area contributed by atoms with Gasteiger partial charge in [-0.05, 0) is 12.8 Å². The summed E-state index contributed by atoms with van der Waals surface area (Å²) in [6, 6.07) is 0. The SMILES string of the molecule is O=C(O)C1=CC=CC1.O=C(O)C1=CC=CC1.[Fe].